The Bertz CT molecular complexity index is 632. The molecule has 0 radical (unpaired) electrons. The first-order valence-electron chi connectivity index (χ1n) is 7.77. The Morgan fingerprint density at radius 2 is 1.87 bits per heavy atom. The normalized spacial score (nSPS) is 25.0. The van der Waals surface area contributed by atoms with E-state index in [1.807, 2.05) is 57.2 Å². The lowest BCUT2D eigenvalue weighted by Crippen LogP contribution is -2.35. The van der Waals surface area contributed by atoms with Crippen molar-refractivity contribution in [1.82, 2.24) is 4.90 Å². The van der Waals surface area contributed by atoms with Gasteiger partial charge in [-0.05, 0) is 26.3 Å². The van der Waals surface area contributed by atoms with Gasteiger partial charge in [-0.25, -0.2) is 4.79 Å². The highest BCUT2D eigenvalue weighted by Gasteiger charge is 2.61. The maximum Gasteiger partial charge on any atom is 0.414 e. The predicted octanol–water partition coefficient (Wildman–Crippen LogP) is 3.11. The second kappa shape index (κ2) is 5.72. The summed E-state index contributed by atoms with van der Waals surface area (Å²) in [5.74, 6) is -0.496. The topological polar surface area (TPSA) is 55.8 Å². The molecular formula is C18H21NO4. The van der Waals surface area contributed by atoms with E-state index in [4.69, 9.17) is 9.47 Å². The summed E-state index contributed by atoms with van der Waals surface area (Å²) in [6.07, 6.45) is 3.16. The van der Waals surface area contributed by atoms with E-state index in [2.05, 4.69) is 0 Å². The van der Waals surface area contributed by atoms with Crippen LogP contribution in [-0.2, 0) is 20.9 Å². The van der Waals surface area contributed by atoms with Gasteiger partial charge in [-0.1, -0.05) is 36.4 Å². The van der Waals surface area contributed by atoms with Gasteiger partial charge in [0, 0.05) is 12.1 Å². The minimum Gasteiger partial charge on any atom is -0.461 e. The first-order valence-corrected chi connectivity index (χ1v) is 7.77. The number of ether oxygens (including phenoxy) is 2. The van der Waals surface area contributed by atoms with E-state index < -0.39 is 11.7 Å². The Balaban J connectivity index is 1.55. The third kappa shape index (κ3) is 3.38. The number of fused-ring (bicyclic) bond motifs is 1. The van der Waals surface area contributed by atoms with E-state index in [1.54, 1.807) is 6.20 Å². The predicted molar refractivity (Wildman–Crippen MR) is 84.2 cm³/mol. The molecule has 1 heterocycles. The molecule has 1 aliphatic heterocycles. The molecule has 5 nitrogen and oxygen atoms in total. The molecule has 1 saturated carbocycles. The smallest absolute Gasteiger partial charge is 0.414 e. The van der Waals surface area contributed by atoms with Crippen LogP contribution in [0.2, 0.25) is 0 Å². The largest absolute Gasteiger partial charge is 0.461 e. The lowest BCUT2D eigenvalue weighted by Gasteiger charge is -2.24. The summed E-state index contributed by atoms with van der Waals surface area (Å²) in [4.78, 5) is 25.9. The monoisotopic (exact) mass is 315 g/mol. The number of nitrogens with zero attached hydrogens (tertiary/aromatic N) is 1. The summed E-state index contributed by atoms with van der Waals surface area (Å²) < 4.78 is 10.7. The third-order valence-electron chi connectivity index (χ3n) is 3.93. The van der Waals surface area contributed by atoms with Crippen LogP contribution >= 0.6 is 0 Å². The van der Waals surface area contributed by atoms with Crippen LogP contribution in [0.15, 0.2) is 42.6 Å². The van der Waals surface area contributed by atoms with Crippen LogP contribution < -0.4 is 0 Å². The van der Waals surface area contributed by atoms with Crippen molar-refractivity contribution in [2.75, 3.05) is 0 Å². The average molecular weight is 315 g/mol. The quantitative estimate of drug-likeness (QED) is 0.804. The van der Waals surface area contributed by atoms with E-state index in [-0.39, 0.29) is 30.5 Å². The average Bonchev–Trinajstić information content (AvgIpc) is 3.03. The Morgan fingerprint density at radius 3 is 2.52 bits per heavy atom. The van der Waals surface area contributed by atoms with Gasteiger partial charge in [0.05, 0.1) is 12.0 Å². The standard InChI is InChI=1S/C18H21NO4/c1-18(2,3)23-17(21)19-10-9-13-14(15(13)19)16(20)22-11-12-7-5-4-6-8-12/h4-10,13-15H,11H2,1-3H3. The number of amides is 1. The summed E-state index contributed by atoms with van der Waals surface area (Å²) in [5.41, 5.74) is 0.396. The van der Waals surface area contributed by atoms with Crippen LogP contribution in [0.3, 0.4) is 0 Å². The highest BCUT2D eigenvalue weighted by atomic mass is 16.6. The molecule has 23 heavy (non-hydrogen) atoms. The second-order valence-electron chi connectivity index (χ2n) is 6.92. The number of benzene rings is 1. The number of carbonyl (C=O) groups excluding carboxylic acids is 2. The summed E-state index contributed by atoms with van der Waals surface area (Å²) in [6.45, 7) is 5.72. The van der Waals surface area contributed by atoms with Crippen LogP contribution in [0, 0.1) is 11.8 Å². The van der Waals surface area contributed by atoms with Crippen molar-refractivity contribution in [2.24, 2.45) is 11.8 Å². The maximum atomic E-state index is 12.2. The van der Waals surface area contributed by atoms with Gasteiger partial charge in [-0.3, -0.25) is 9.69 Å². The molecular weight excluding hydrogens is 294 g/mol. The fraction of sp³-hybridized carbons (Fsp3) is 0.444. The van der Waals surface area contributed by atoms with Crippen LogP contribution in [-0.4, -0.2) is 28.6 Å². The van der Waals surface area contributed by atoms with Crippen molar-refractivity contribution in [3.63, 3.8) is 0 Å². The van der Waals surface area contributed by atoms with Gasteiger partial charge < -0.3 is 9.47 Å². The molecule has 1 aromatic carbocycles. The number of esters is 1. The minimum atomic E-state index is -0.554. The summed E-state index contributed by atoms with van der Waals surface area (Å²) in [7, 11) is 0. The van der Waals surface area contributed by atoms with Gasteiger partial charge in [0.25, 0.3) is 0 Å². The summed E-state index contributed by atoms with van der Waals surface area (Å²) in [5, 5.41) is 0. The maximum absolute atomic E-state index is 12.2. The molecule has 1 aliphatic carbocycles. The van der Waals surface area contributed by atoms with Crippen LogP contribution in [0.5, 0.6) is 0 Å². The number of hydrogen-bond acceptors (Lipinski definition) is 4. The molecule has 0 saturated heterocycles. The second-order valence-corrected chi connectivity index (χ2v) is 6.92. The SMILES string of the molecule is CC(C)(C)OC(=O)N1C=CC2C(C(=O)OCc3ccccc3)C21. The first-order chi connectivity index (χ1) is 10.9. The Morgan fingerprint density at radius 1 is 1.17 bits per heavy atom. The van der Waals surface area contributed by atoms with Crippen molar-refractivity contribution in [3.05, 3.63) is 48.2 Å². The molecule has 3 unspecified atom stereocenters. The van der Waals surface area contributed by atoms with E-state index >= 15 is 0 Å². The Hall–Kier alpha value is -2.30. The molecule has 122 valence electrons. The molecule has 2 aliphatic rings. The van der Waals surface area contributed by atoms with Crippen molar-refractivity contribution in [2.45, 2.75) is 39.0 Å². The van der Waals surface area contributed by atoms with E-state index in [0.29, 0.717) is 0 Å². The zero-order valence-corrected chi connectivity index (χ0v) is 13.6. The first kappa shape index (κ1) is 15.6. The summed E-state index contributed by atoms with van der Waals surface area (Å²) >= 11 is 0. The molecule has 0 bridgehead atoms. The van der Waals surface area contributed by atoms with Gasteiger partial charge in [-0.15, -0.1) is 0 Å². The van der Waals surface area contributed by atoms with Crippen molar-refractivity contribution >= 4 is 12.1 Å². The summed E-state index contributed by atoms with van der Waals surface area (Å²) in [6, 6.07) is 9.39. The van der Waals surface area contributed by atoms with Gasteiger partial charge in [0.1, 0.15) is 12.2 Å². The molecule has 1 amide bonds. The van der Waals surface area contributed by atoms with Crippen molar-refractivity contribution < 1.29 is 19.1 Å². The van der Waals surface area contributed by atoms with E-state index in [9.17, 15) is 9.59 Å². The molecule has 1 fully saturated rings. The zero-order chi connectivity index (χ0) is 16.6. The fourth-order valence-electron chi connectivity index (χ4n) is 2.82. The van der Waals surface area contributed by atoms with Crippen molar-refractivity contribution in [3.8, 4) is 0 Å². The van der Waals surface area contributed by atoms with E-state index in [1.165, 1.54) is 4.90 Å². The highest BCUT2D eigenvalue weighted by Crippen LogP contribution is 2.49. The van der Waals surface area contributed by atoms with Gasteiger partial charge in [0.15, 0.2) is 0 Å². The van der Waals surface area contributed by atoms with Gasteiger partial charge in [-0.2, -0.15) is 0 Å². The molecule has 3 rings (SSSR count). The number of rotatable bonds is 3. The molecule has 3 atom stereocenters. The Labute approximate surface area is 135 Å². The van der Waals surface area contributed by atoms with Gasteiger partial charge in [0.2, 0.25) is 0 Å². The lowest BCUT2D eigenvalue weighted by atomic mass is 10.2. The highest BCUT2D eigenvalue weighted by molar-refractivity contribution is 5.82. The lowest BCUT2D eigenvalue weighted by molar-refractivity contribution is -0.147. The molecule has 1 aromatic rings. The molecule has 5 heteroatoms. The number of hydrogen-bond donors (Lipinski definition) is 0. The number of carbonyl (C=O) groups is 2. The van der Waals surface area contributed by atoms with Crippen LogP contribution in [0.4, 0.5) is 4.79 Å². The molecule has 0 N–H and O–H groups in total. The fourth-order valence-corrected chi connectivity index (χ4v) is 2.82. The molecule has 0 aromatic heterocycles. The third-order valence-corrected chi connectivity index (χ3v) is 3.93. The van der Waals surface area contributed by atoms with E-state index in [0.717, 1.165) is 5.56 Å². The van der Waals surface area contributed by atoms with Crippen LogP contribution in [0.25, 0.3) is 0 Å². The minimum absolute atomic E-state index is 0.0470. The molecule has 0 spiro atoms. The van der Waals surface area contributed by atoms with Crippen molar-refractivity contribution in [1.29, 1.82) is 0 Å². The van der Waals surface area contributed by atoms with Gasteiger partial charge >= 0.3 is 12.1 Å². The Kier molecular flexibility index (Phi) is 3.88. The van der Waals surface area contributed by atoms with Crippen LogP contribution in [0.1, 0.15) is 26.3 Å². The zero-order valence-electron chi connectivity index (χ0n) is 13.6.